The molecule has 2 aliphatic rings. The van der Waals surface area contributed by atoms with Gasteiger partial charge in [0.1, 0.15) is 17.1 Å². The fraction of sp³-hybridized carbons (Fsp3) is 0.462. The zero-order chi connectivity index (χ0) is 22.3. The van der Waals surface area contributed by atoms with Crippen LogP contribution < -0.4 is 9.47 Å². The minimum Gasteiger partial charge on any atom is -0.486 e. The van der Waals surface area contributed by atoms with Gasteiger partial charge in [-0.3, -0.25) is 9.59 Å². The number of hydrogen-bond donors (Lipinski definition) is 0. The number of amides is 1. The number of nitrogens with zero attached hydrogens (tertiary/aromatic N) is 1. The van der Waals surface area contributed by atoms with Gasteiger partial charge in [-0.1, -0.05) is 18.2 Å². The van der Waals surface area contributed by atoms with Crippen molar-refractivity contribution >= 4 is 11.7 Å². The largest absolute Gasteiger partial charge is 0.486 e. The SMILES string of the molecule is Cc1cc(C)c2c(c1)C(=O)CC1(CCN(C(=O)COc3c(C)ccc(C)c3C)CC1)O2. The van der Waals surface area contributed by atoms with Crippen LogP contribution in [0, 0.1) is 34.6 Å². The number of aryl methyl sites for hydroxylation is 4. The lowest BCUT2D eigenvalue weighted by molar-refractivity contribution is -0.137. The molecule has 0 aliphatic carbocycles. The van der Waals surface area contributed by atoms with Crippen molar-refractivity contribution in [3.05, 3.63) is 57.6 Å². The molecular weight excluding hydrogens is 390 g/mol. The Morgan fingerprint density at radius 2 is 1.71 bits per heavy atom. The van der Waals surface area contributed by atoms with Gasteiger partial charge in [-0.25, -0.2) is 0 Å². The van der Waals surface area contributed by atoms with Crippen molar-refractivity contribution in [3.8, 4) is 11.5 Å². The molecule has 164 valence electrons. The van der Waals surface area contributed by atoms with E-state index in [1.807, 2.05) is 51.7 Å². The number of ketones is 1. The van der Waals surface area contributed by atoms with E-state index in [0.29, 0.717) is 37.9 Å². The second kappa shape index (κ2) is 8.03. The van der Waals surface area contributed by atoms with Crippen molar-refractivity contribution in [3.63, 3.8) is 0 Å². The molecule has 5 nitrogen and oxygen atoms in total. The van der Waals surface area contributed by atoms with Crippen molar-refractivity contribution in [2.45, 2.75) is 59.5 Å². The number of rotatable bonds is 3. The first-order chi connectivity index (χ1) is 14.7. The zero-order valence-electron chi connectivity index (χ0n) is 19.1. The first kappa shape index (κ1) is 21.4. The second-order valence-corrected chi connectivity index (χ2v) is 9.17. The molecule has 1 spiro atoms. The highest BCUT2D eigenvalue weighted by molar-refractivity contribution is 6.01. The molecule has 2 aliphatic heterocycles. The minimum atomic E-state index is -0.508. The fourth-order valence-electron chi connectivity index (χ4n) is 4.75. The Hall–Kier alpha value is -2.82. The van der Waals surface area contributed by atoms with Crippen LogP contribution in [-0.2, 0) is 4.79 Å². The summed E-state index contributed by atoms with van der Waals surface area (Å²) in [7, 11) is 0. The standard InChI is InChI=1S/C26H31NO4/c1-16-12-19(4)25-21(13-16)22(28)14-26(31-25)8-10-27(11-9-26)23(29)15-30-24-18(3)7-6-17(2)20(24)5/h6-7,12-13H,8-11,14-15H2,1-5H3. The van der Waals surface area contributed by atoms with Gasteiger partial charge in [0.2, 0.25) is 0 Å². The molecule has 0 N–H and O–H groups in total. The number of hydrogen-bond acceptors (Lipinski definition) is 4. The molecule has 2 aromatic carbocycles. The molecule has 5 heteroatoms. The molecule has 4 rings (SSSR count). The van der Waals surface area contributed by atoms with Gasteiger partial charge in [0, 0.05) is 25.9 Å². The first-order valence-electron chi connectivity index (χ1n) is 11.0. The summed E-state index contributed by atoms with van der Waals surface area (Å²) in [5.74, 6) is 1.63. The van der Waals surface area contributed by atoms with Gasteiger partial charge in [0.05, 0.1) is 12.0 Å². The van der Waals surface area contributed by atoms with Gasteiger partial charge >= 0.3 is 0 Å². The number of ether oxygens (including phenoxy) is 2. The molecule has 0 atom stereocenters. The predicted molar refractivity (Wildman–Crippen MR) is 120 cm³/mol. The maximum absolute atomic E-state index is 12.8. The van der Waals surface area contributed by atoms with E-state index in [0.717, 1.165) is 39.3 Å². The normalized spacial score (nSPS) is 17.3. The van der Waals surface area contributed by atoms with Gasteiger partial charge in [-0.2, -0.15) is 0 Å². The third-order valence-electron chi connectivity index (χ3n) is 6.76. The van der Waals surface area contributed by atoms with Crippen LogP contribution in [0.15, 0.2) is 24.3 Å². The van der Waals surface area contributed by atoms with Crippen LogP contribution in [0.4, 0.5) is 0 Å². The van der Waals surface area contributed by atoms with E-state index in [-0.39, 0.29) is 18.3 Å². The van der Waals surface area contributed by atoms with Gasteiger partial charge in [0.15, 0.2) is 12.4 Å². The first-order valence-corrected chi connectivity index (χ1v) is 11.0. The maximum atomic E-state index is 12.8. The summed E-state index contributed by atoms with van der Waals surface area (Å²) in [6.45, 7) is 11.2. The van der Waals surface area contributed by atoms with Crippen molar-refractivity contribution in [1.29, 1.82) is 0 Å². The molecule has 31 heavy (non-hydrogen) atoms. The number of piperidine rings is 1. The van der Waals surface area contributed by atoms with Crippen molar-refractivity contribution in [2.24, 2.45) is 0 Å². The van der Waals surface area contributed by atoms with E-state index >= 15 is 0 Å². The highest BCUT2D eigenvalue weighted by atomic mass is 16.5. The number of benzene rings is 2. The van der Waals surface area contributed by atoms with Crippen LogP contribution in [0.5, 0.6) is 11.5 Å². The molecule has 1 saturated heterocycles. The lowest BCUT2D eigenvalue weighted by atomic mass is 9.81. The molecule has 1 fully saturated rings. The lowest BCUT2D eigenvalue weighted by Gasteiger charge is -2.44. The molecule has 0 bridgehead atoms. The Labute approximate surface area is 184 Å². The van der Waals surface area contributed by atoms with Crippen LogP contribution in [0.1, 0.15) is 57.4 Å². The summed E-state index contributed by atoms with van der Waals surface area (Å²) in [4.78, 5) is 27.5. The molecular formula is C26H31NO4. The van der Waals surface area contributed by atoms with E-state index < -0.39 is 5.60 Å². The average Bonchev–Trinajstić information content (AvgIpc) is 2.72. The number of fused-ring (bicyclic) bond motifs is 1. The molecule has 0 aromatic heterocycles. The third kappa shape index (κ3) is 4.06. The Morgan fingerprint density at radius 3 is 2.42 bits per heavy atom. The van der Waals surface area contributed by atoms with E-state index in [9.17, 15) is 9.59 Å². The van der Waals surface area contributed by atoms with Crippen LogP contribution in [0.25, 0.3) is 0 Å². The van der Waals surface area contributed by atoms with Crippen molar-refractivity contribution in [1.82, 2.24) is 4.90 Å². The molecule has 2 aromatic rings. The van der Waals surface area contributed by atoms with Crippen LogP contribution in [-0.4, -0.2) is 41.9 Å². The lowest BCUT2D eigenvalue weighted by Crippen LogP contribution is -2.53. The number of Topliss-reactive ketones (excluding diaryl/α,β-unsaturated/α-hetero) is 1. The Kier molecular flexibility index (Phi) is 5.54. The topological polar surface area (TPSA) is 55.8 Å². The maximum Gasteiger partial charge on any atom is 0.260 e. The fourth-order valence-corrected chi connectivity index (χ4v) is 4.75. The predicted octanol–water partition coefficient (Wildman–Crippen LogP) is 4.63. The molecule has 2 heterocycles. The smallest absolute Gasteiger partial charge is 0.260 e. The van der Waals surface area contributed by atoms with Crippen molar-refractivity contribution in [2.75, 3.05) is 19.7 Å². The second-order valence-electron chi connectivity index (χ2n) is 9.17. The van der Waals surface area contributed by atoms with Gasteiger partial charge in [-0.05, 0) is 68.5 Å². The molecule has 0 unspecified atom stereocenters. The summed E-state index contributed by atoms with van der Waals surface area (Å²) >= 11 is 0. The number of carbonyl (C=O) groups excluding carboxylic acids is 2. The van der Waals surface area contributed by atoms with Crippen LogP contribution >= 0.6 is 0 Å². The molecule has 0 saturated carbocycles. The Morgan fingerprint density at radius 1 is 1.03 bits per heavy atom. The summed E-state index contributed by atoms with van der Waals surface area (Å²) in [5, 5.41) is 0. The summed E-state index contributed by atoms with van der Waals surface area (Å²) in [5.41, 5.74) is 5.51. The molecule has 1 amide bonds. The number of carbonyl (C=O) groups is 2. The number of likely N-dealkylation sites (tertiary alicyclic amines) is 1. The minimum absolute atomic E-state index is 0.0236. The van der Waals surface area contributed by atoms with Gasteiger partial charge in [0.25, 0.3) is 5.91 Å². The Bertz CT molecular complexity index is 1050. The highest BCUT2D eigenvalue weighted by Crippen LogP contribution is 2.41. The van der Waals surface area contributed by atoms with Gasteiger partial charge < -0.3 is 14.4 Å². The molecule has 0 radical (unpaired) electrons. The van der Waals surface area contributed by atoms with E-state index in [2.05, 4.69) is 12.1 Å². The quantitative estimate of drug-likeness (QED) is 0.725. The van der Waals surface area contributed by atoms with Crippen LogP contribution in [0.2, 0.25) is 0 Å². The van der Waals surface area contributed by atoms with Crippen molar-refractivity contribution < 1.29 is 19.1 Å². The third-order valence-corrected chi connectivity index (χ3v) is 6.76. The van der Waals surface area contributed by atoms with E-state index in [1.165, 1.54) is 0 Å². The Balaban J connectivity index is 1.40. The summed E-state index contributed by atoms with van der Waals surface area (Å²) < 4.78 is 12.3. The highest BCUT2D eigenvalue weighted by Gasteiger charge is 2.44. The average molecular weight is 422 g/mol. The van der Waals surface area contributed by atoms with Gasteiger partial charge in [-0.15, -0.1) is 0 Å². The zero-order valence-corrected chi connectivity index (χ0v) is 19.1. The van der Waals surface area contributed by atoms with E-state index in [1.54, 1.807) is 0 Å². The van der Waals surface area contributed by atoms with Crippen LogP contribution in [0.3, 0.4) is 0 Å². The summed E-state index contributed by atoms with van der Waals surface area (Å²) in [6.07, 6.45) is 1.68. The van der Waals surface area contributed by atoms with E-state index in [4.69, 9.17) is 9.47 Å². The summed E-state index contributed by atoms with van der Waals surface area (Å²) in [6, 6.07) is 8.06. The monoisotopic (exact) mass is 421 g/mol.